The number of nitrogens with one attached hydrogen (secondary N) is 1. The molecule has 23 heavy (non-hydrogen) atoms. The first-order valence-electron chi connectivity index (χ1n) is 7.86. The summed E-state index contributed by atoms with van der Waals surface area (Å²) < 4.78 is 5.69. The molecule has 0 aliphatic rings. The number of amides is 1. The van der Waals surface area contributed by atoms with Crippen molar-refractivity contribution in [1.82, 2.24) is 0 Å². The molecule has 4 heteroatoms. The lowest BCUT2D eigenvalue weighted by molar-refractivity contribution is -0.116. The van der Waals surface area contributed by atoms with E-state index in [-0.39, 0.29) is 5.91 Å². The lowest BCUT2D eigenvalue weighted by atomic mass is 10.1. The zero-order valence-electron chi connectivity index (χ0n) is 13.6. The van der Waals surface area contributed by atoms with Gasteiger partial charge in [0.25, 0.3) is 0 Å². The van der Waals surface area contributed by atoms with Crippen LogP contribution in [0.4, 0.5) is 5.69 Å². The van der Waals surface area contributed by atoms with Crippen molar-refractivity contribution in [2.24, 2.45) is 0 Å². The molecule has 0 aliphatic heterocycles. The summed E-state index contributed by atoms with van der Waals surface area (Å²) >= 11 is 5.91. The molecule has 0 saturated carbocycles. The lowest BCUT2D eigenvalue weighted by Crippen LogP contribution is -2.13. The van der Waals surface area contributed by atoms with E-state index < -0.39 is 0 Å². The number of ether oxygens (including phenoxy) is 1. The van der Waals surface area contributed by atoms with Crippen LogP contribution in [0, 0.1) is 6.92 Å². The van der Waals surface area contributed by atoms with Crippen LogP contribution in [0.25, 0.3) is 0 Å². The van der Waals surface area contributed by atoms with Gasteiger partial charge in [-0.2, -0.15) is 0 Å². The molecule has 0 saturated heterocycles. The first-order valence-corrected chi connectivity index (χ1v) is 8.24. The summed E-state index contributed by atoms with van der Waals surface area (Å²) in [4.78, 5) is 12.0. The van der Waals surface area contributed by atoms with Crippen LogP contribution in [0.2, 0.25) is 5.02 Å². The second-order valence-corrected chi connectivity index (χ2v) is 5.90. The van der Waals surface area contributed by atoms with Gasteiger partial charge in [0.05, 0.1) is 6.61 Å². The normalized spacial score (nSPS) is 10.4. The van der Waals surface area contributed by atoms with Crippen molar-refractivity contribution in [3.05, 3.63) is 58.6 Å². The van der Waals surface area contributed by atoms with Crippen LogP contribution in [-0.2, 0) is 11.2 Å². The van der Waals surface area contributed by atoms with Crippen LogP contribution in [-0.4, -0.2) is 12.5 Å². The molecule has 0 unspecified atom stereocenters. The molecule has 0 atom stereocenters. The van der Waals surface area contributed by atoms with Crippen molar-refractivity contribution in [3.63, 3.8) is 0 Å². The first-order chi connectivity index (χ1) is 11.1. The third-order valence-corrected chi connectivity index (χ3v) is 3.80. The second-order valence-electron chi connectivity index (χ2n) is 5.46. The molecule has 3 nitrogen and oxygen atoms in total. The fraction of sp³-hybridized carbons (Fsp3) is 0.316. The first kappa shape index (κ1) is 17.4. The smallest absolute Gasteiger partial charge is 0.224 e. The molecule has 0 spiro atoms. The van der Waals surface area contributed by atoms with Gasteiger partial charge in [-0.3, -0.25) is 4.79 Å². The molecule has 0 fully saturated rings. The Morgan fingerprint density at radius 3 is 2.78 bits per heavy atom. The van der Waals surface area contributed by atoms with Crippen LogP contribution in [0.5, 0.6) is 5.75 Å². The average molecular weight is 332 g/mol. The summed E-state index contributed by atoms with van der Waals surface area (Å²) in [6, 6.07) is 13.4. The molecule has 2 rings (SSSR count). The SMILES string of the molecule is CCc1cccc(NC(=O)CCCOc2ccc(Cl)cc2C)c1. The van der Waals surface area contributed by atoms with Crippen molar-refractivity contribution in [1.29, 1.82) is 0 Å². The van der Waals surface area contributed by atoms with Gasteiger partial charge in [-0.1, -0.05) is 30.7 Å². The van der Waals surface area contributed by atoms with Gasteiger partial charge >= 0.3 is 0 Å². The molecule has 2 aromatic rings. The average Bonchev–Trinajstić information content (AvgIpc) is 2.53. The van der Waals surface area contributed by atoms with Gasteiger partial charge in [-0.05, 0) is 61.2 Å². The lowest BCUT2D eigenvalue weighted by Gasteiger charge is -2.10. The number of carbonyl (C=O) groups excluding carboxylic acids is 1. The number of carbonyl (C=O) groups is 1. The Balaban J connectivity index is 1.74. The van der Waals surface area contributed by atoms with Gasteiger partial charge in [-0.15, -0.1) is 0 Å². The number of halogens is 1. The van der Waals surface area contributed by atoms with Crippen LogP contribution in [0.3, 0.4) is 0 Å². The monoisotopic (exact) mass is 331 g/mol. The molecule has 0 aliphatic carbocycles. The van der Waals surface area contributed by atoms with Gasteiger partial charge in [0.2, 0.25) is 5.91 Å². The highest BCUT2D eigenvalue weighted by Gasteiger charge is 2.04. The van der Waals surface area contributed by atoms with Crippen molar-refractivity contribution in [2.75, 3.05) is 11.9 Å². The quantitative estimate of drug-likeness (QED) is 0.724. The highest BCUT2D eigenvalue weighted by atomic mass is 35.5. The van der Waals surface area contributed by atoms with Crippen molar-refractivity contribution in [2.45, 2.75) is 33.1 Å². The number of hydrogen-bond acceptors (Lipinski definition) is 2. The van der Waals surface area contributed by atoms with Crippen LogP contribution >= 0.6 is 11.6 Å². The molecular weight excluding hydrogens is 310 g/mol. The van der Waals surface area contributed by atoms with Crippen LogP contribution in [0.1, 0.15) is 30.9 Å². The predicted octanol–water partition coefficient (Wildman–Crippen LogP) is 5.01. The molecule has 122 valence electrons. The third kappa shape index (κ3) is 5.61. The maximum atomic E-state index is 12.0. The molecular formula is C19H22ClNO2. The number of rotatable bonds is 7. The molecule has 2 aromatic carbocycles. The Morgan fingerprint density at radius 2 is 2.04 bits per heavy atom. The molecule has 0 heterocycles. The molecule has 0 bridgehead atoms. The summed E-state index contributed by atoms with van der Waals surface area (Å²) in [7, 11) is 0. The van der Waals surface area contributed by atoms with E-state index in [2.05, 4.69) is 18.3 Å². The summed E-state index contributed by atoms with van der Waals surface area (Å²) in [5, 5.41) is 3.62. The van der Waals surface area contributed by atoms with Crippen molar-refractivity contribution in [3.8, 4) is 5.75 Å². The highest BCUT2D eigenvalue weighted by molar-refractivity contribution is 6.30. The van der Waals surface area contributed by atoms with Gasteiger partial charge in [0, 0.05) is 17.1 Å². The molecule has 0 radical (unpaired) electrons. The van der Waals surface area contributed by atoms with E-state index in [1.807, 2.05) is 37.3 Å². The number of anilines is 1. The van der Waals surface area contributed by atoms with Crippen molar-refractivity contribution < 1.29 is 9.53 Å². The fourth-order valence-electron chi connectivity index (χ4n) is 2.28. The zero-order valence-corrected chi connectivity index (χ0v) is 14.3. The van der Waals surface area contributed by atoms with E-state index in [0.717, 1.165) is 23.4 Å². The summed E-state index contributed by atoms with van der Waals surface area (Å²) in [5.74, 6) is 0.820. The molecule has 1 amide bonds. The van der Waals surface area contributed by atoms with Crippen LogP contribution < -0.4 is 10.1 Å². The minimum absolute atomic E-state index is 0.00896. The van der Waals surface area contributed by atoms with Gasteiger partial charge in [0.1, 0.15) is 5.75 Å². The van der Waals surface area contributed by atoms with Crippen molar-refractivity contribution >= 4 is 23.2 Å². The standard InChI is InChI=1S/C19H22ClNO2/c1-3-15-6-4-7-17(13-15)21-19(22)8-5-11-23-18-10-9-16(20)12-14(18)2/h4,6-7,9-10,12-13H,3,5,8,11H2,1-2H3,(H,21,22). The van der Waals surface area contributed by atoms with Gasteiger partial charge < -0.3 is 10.1 Å². The Bertz CT molecular complexity index is 670. The van der Waals surface area contributed by atoms with E-state index in [1.165, 1.54) is 5.56 Å². The summed E-state index contributed by atoms with van der Waals surface area (Å²) in [6.07, 6.45) is 2.06. The summed E-state index contributed by atoms with van der Waals surface area (Å²) in [6.45, 7) is 4.55. The number of benzene rings is 2. The van der Waals surface area contributed by atoms with Gasteiger partial charge in [-0.25, -0.2) is 0 Å². The fourth-order valence-corrected chi connectivity index (χ4v) is 2.51. The zero-order chi connectivity index (χ0) is 16.7. The van der Waals surface area contributed by atoms with E-state index in [1.54, 1.807) is 6.07 Å². The Kier molecular flexibility index (Phi) is 6.48. The Hall–Kier alpha value is -2.00. The van der Waals surface area contributed by atoms with E-state index in [4.69, 9.17) is 16.3 Å². The van der Waals surface area contributed by atoms with E-state index in [0.29, 0.717) is 24.5 Å². The maximum Gasteiger partial charge on any atom is 0.224 e. The number of aryl methyl sites for hydroxylation is 2. The highest BCUT2D eigenvalue weighted by Crippen LogP contribution is 2.22. The minimum Gasteiger partial charge on any atom is -0.493 e. The predicted molar refractivity (Wildman–Crippen MR) is 95.4 cm³/mol. The third-order valence-electron chi connectivity index (χ3n) is 3.56. The summed E-state index contributed by atoms with van der Waals surface area (Å²) in [5.41, 5.74) is 3.06. The van der Waals surface area contributed by atoms with E-state index in [9.17, 15) is 4.79 Å². The molecule has 0 aromatic heterocycles. The van der Waals surface area contributed by atoms with E-state index >= 15 is 0 Å². The topological polar surface area (TPSA) is 38.3 Å². The Morgan fingerprint density at radius 1 is 1.22 bits per heavy atom. The van der Waals surface area contributed by atoms with Gasteiger partial charge in [0.15, 0.2) is 0 Å². The maximum absolute atomic E-state index is 12.0. The van der Waals surface area contributed by atoms with Crippen LogP contribution in [0.15, 0.2) is 42.5 Å². The minimum atomic E-state index is 0.00896. The second kappa shape index (κ2) is 8.59. The largest absolute Gasteiger partial charge is 0.493 e. The molecule has 1 N–H and O–H groups in total. The number of hydrogen-bond donors (Lipinski definition) is 1. The Labute approximate surface area is 142 Å².